The molecule has 0 saturated heterocycles. The highest BCUT2D eigenvalue weighted by Crippen LogP contribution is 2.26. The average molecular weight is 534 g/mol. The minimum Gasteiger partial charge on any atom is -0.347 e. The normalized spacial score (nSPS) is 12.1. The van der Waals surface area contributed by atoms with Gasteiger partial charge in [-0.15, -0.1) is 0 Å². The van der Waals surface area contributed by atoms with Gasteiger partial charge < -0.3 is 9.88 Å². The Hall–Kier alpha value is -2.46. The predicted molar refractivity (Wildman–Crippen MR) is 150 cm³/mol. The molecule has 0 aliphatic rings. The van der Waals surface area contributed by atoms with Crippen LogP contribution in [0.25, 0.3) is 10.9 Å². The molecule has 2 aromatic carbocycles. The Morgan fingerprint density at radius 2 is 1.86 bits per heavy atom. The van der Waals surface area contributed by atoms with E-state index in [4.69, 9.17) is 23.8 Å². The Morgan fingerprint density at radius 1 is 1.14 bits per heavy atom. The van der Waals surface area contributed by atoms with Crippen molar-refractivity contribution < 1.29 is 8.42 Å². The zero-order chi connectivity index (χ0) is 25.6. The fraction of sp³-hybridized carbons (Fsp3) is 0.360. The summed E-state index contributed by atoms with van der Waals surface area (Å²) in [5.74, 6) is 0. The third-order valence-electron chi connectivity index (χ3n) is 5.55. The van der Waals surface area contributed by atoms with Gasteiger partial charge in [-0.1, -0.05) is 31.5 Å². The predicted octanol–water partition coefficient (Wildman–Crippen LogP) is 5.75. The number of halogens is 1. The molecule has 35 heavy (non-hydrogen) atoms. The standard InChI is InChI=1S/C25H32ClN5O2S2/c1-5-12-31(13-6-2)35(32,33)20-9-11-24-21(15-20)19(17-30(24)7-3)16-27-29-25(34)28-23-10-8-18(4)14-22(23)26/h8-11,14-17H,5-7,12-13H2,1-4H3,(H2,28,29,34)/b27-16+. The van der Waals surface area contributed by atoms with Crippen LogP contribution < -0.4 is 10.7 Å². The summed E-state index contributed by atoms with van der Waals surface area (Å²) in [6.07, 6.45) is 5.12. The minimum atomic E-state index is -3.59. The van der Waals surface area contributed by atoms with E-state index in [1.807, 2.05) is 58.2 Å². The van der Waals surface area contributed by atoms with E-state index >= 15 is 0 Å². The van der Waals surface area contributed by atoms with E-state index in [-0.39, 0.29) is 4.90 Å². The first-order chi connectivity index (χ1) is 16.7. The van der Waals surface area contributed by atoms with Crippen LogP contribution in [0.1, 0.15) is 44.7 Å². The molecule has 1 aromatic heterocycles. The smallest absolute Gasteiger partial charge is 0.243 e. The van der Waals surface area contributed by atoms with Crippen molar-refractivity contribution in [3.63, 3.8) is 0 Å². The quantitative estimate of drug-likeness (QED) is 0.197. The van der Waals surface area contributed by atoms with E-state index in [1.165, 1.54) is 0 Å². The van der Waals surface area contributed by atoms with Crippen LogP contribution in [0.3, 0.4) is 0 Å². The molecule has 2 N–H and O–H groups in total. The third-order valence-corrected chi connectivity index (χ3v) is 7.95. The molecule has 7 nitrogen and oxygen atoms in total. The molecule has 3 aromatic rings. The number of rotatable bonds is 10. The van der Waals surface area contributed by atoms with Gasteiger partial charge in [0.05, 0.1) is 21.8 Å². The number of anilines is 1. The SMILES string of the molecule is CCCN(CCC)S(=O)(=O)c1ccc2c(c1)c(/C=N/NC(=S)Nc1ccc(C)cc1Cl)cn2CC. The summed E-state index contributed by atoms with van der Waals surface area (Å²) in [4.78, 5) is 0.287. The number of aryl methyl sites for hydroxylation is 2. The molecule has 0 fully saturated rings. The van der Waals surface area contributed by atoms with Crippen molar-refractivity contribution in [3.8, 4) is 0 Å². The van der Waals surface area contributed by atoms with Gasteiger partial charge >= 0.3 is 0 Å². The first-order valence-electron chi connectivity index (χ1n) is 11.7. The maximum atomic E-state index is 13.3. The highest BCUT2D eigenvalue weighted by Gasteiger charge is 2.24. The van der Waals surface area contributed by atoms with Gasteiger partial charge in [0.1, 0.15) is 0 Å². The number of fused-ring (bicyclic) bond motifs is 1. The van der Waals surface area contributed by atoms with Crippen LogP contribution in [0, 0.1) is 6.92 Å². The molecule has 0 spiro atoms. The second-order valence-electron chi connectivity index (χ2n) is 8.26. The molecular weight excluding hydrogens is 502 g/mol. The van der Waals surface area contributed by atoms with Gasteiger partial charge in [-0.2, -0.15) is 9.41 Å². The van der Waals surface area contributed by atoms with Crippen LogP contribution in [0.15, 0.2) is 52.6 Å². The number of benzene rings is 2. The van der Waals surface area contributed by atoms with E-state index in [1.54, 1.807) is 22.7 Å². The number of nitrogens with zero attached hydrogens (tertiary/aromatic N) is 3. The van der Waals surface area contributed by atoms with Crippen molar-refractivity contribution in [2.75, 3.05) is 18.4 Å². The Morgan fingerprint density at radius 3 is 2.49 bits per heavy atom. The molecule has 0 atom stereocenters. The van der Waals surface area contributed by atoms with Gasteiger partial charge in [-0.3, -0.25) is 5.43 Å². The second-order valence-corrected chi connectivity index (χ2v) is 11.0. The summed E-state index contributed by atoms with van der Waals surface area (Å²) in [7, 11) is -3.59. The number of sulfonamides is 1. The van der Waals surface area contributed by atoms with Crippen molar-refractivity contribution in [1.29, 1.82) is 0 Å². The summed E-state index contributed by atoms with van der Waals surface area (Å²) in [5, 5.41) is 8.98. The van der Waals surface area contributed by atoms with Crippen molar-refractivity contribution in [2.45, 2.75) is 52.0 Å². The fourth-order valence-electron chi connectivity index (χ4n) is 3.86. The summed E-state index contributed by atoms with van der Waals surface area (Å²) in [6, 6.07) is 10.9. The second kappa shape index (κ2) is 12.0. The number of thiocarbonyl (C=S) groups is 1. The summed E-state index contributed by atoms with van der Waals surface area (Å²) < 4.78 is 30.2. The van der Waals surface area contributed by atoms with E-state index < -0.39 is 10.0 Å². The number of hydrogen-bond donors (Lipinski definition) is 2. The largest absolute Gasteiger partial charge is 0.347 e. The van der Waals surface area contributed by atoms with Gasteiger partial charge in [0, 0.05) is 42.3 Å². The molecule has 10 heteroatoms. The lowest BCUT2D eigenvalue weighted by atomic mass is 10.2. The molecule has 0 aliphatic carbocycles. The first kappa shape index (κ1) is 27.1. The highest BCUT2D eigenvalue weighted by atomic mass is 35.5. The summed E-state index contributed by atoms with van der Waals surface area (Å²) in [6.45, 7) is 9.71. The van der Waals surface area contributed by atoms with E-state index in [9.17, 15) is 8.42 Å². The summed E-state index contributed by atoms with van der Waals surface area (Å²) in [5.41, 5.74) is 6.28. The number of hydrazone groups is 1. The first-order valence-corrected chi connectivity index (χ1v) is 13.9. The molecule has 1 heterocycles. The summed E-state index contributed by atoms with van der Waals surface area (Å²) >= 11 is 11.6. The molecular formula is C25H32ClN5O2S2. The molecule has 3 rings (SSSR count). The topological polar surface area (TPSA) is 78.7 Å². The van der Waals surface area contributed by atoms with Crippen LogP contribution in [-0.4, -0.2) is 41.7 Å². The average Bonchev–Trinajstić information content (AvgIpc) is 3.18. The molecule has 0 saturated carbocycles. The Bertz CT molecular complexity index is 1330. The van der Waals surface area contributed by atoms with Crippen LogP contribution >= 0.6 is 23.8 Å². The lowest BCUT2D eigenvalue weighted by molar-refractivity contribution is 0.410. The van der Waals surface area contributed by atoms with Gasteiger partial charge in [0.2, 0.25) is 10.0 Å². The van der Waals surface area contributed by atoms with Crippen LogP contribution in [0.4, 0.5) is 5.69 Å². The molecule has 0 aliphatic heterocycles. The Balaban J connectivity index is 1.86. The Labute approximate surface area is 218 Å². The molecule has 0 radical (unpaired) electrons. The highest BCUT2D eigenvalue weighted by molar-refractivity contribution is 7.89. The van der Waals surface area contributed by atoms with Crippen LogP contribution in [0.2, 0.25) is 5.02 Å². The molecule has 188 valence electrons. The molecule has 0 amide bonds. The number of aromatic nitrogens is 1. The van der Waals surface area contributed by atoms with Crippen molar-refractivity contribution in [2.24, 2.45) is 5.10 Å². The number of nitrogens with one attached hydrogen (secondary N) is 2. The monoisotopic (exact) mass is 533 g/mol. The molecule has 0 bridgehead atoms. The van der Waals surface area contributed by atoms with Gasteiger partial charge in [0.15, 0.2) is 5.11 Å². The lowest BCUT2D eigenvalue weighted by Gasteiger charge is -2.21. The van der Waals surface area contributed by atoms with Crippen LogP contribution in [0.5, 0.6) is 0 Å². The third kappa shape index (κ3) is 6.41. The minimum absolute atomic E-state index is 0.287. The maximum Gasteiger partial charge on any atom is 0.243 e. The van der Waals surface area contributed by atoms with Crippen LogP contribution in [-0.2, 0) is 16.6 Å². The maximum absolute atomic E-state index is 13.3. The Kier molecular flexibility index (Phi) is 9.29. The number of hydrogen-bond acceptors (Lipinski definition) is 4. The fourth-order valence-corrected chi connectivity index (χ4v) is 5.96. The lowest BCUT2D eigenvalue weighted by Crippen LogP contribution is -2.32. The zero-order valence-corrected chi connectivity index (χ0v) is 22.9. The van der Waals surface area contributed by atoms with Crippen molar-refractivity contribution in [3.05, 3.63) is 58.7 Å². The zero-order valence-electron chi connectivity index (χ0n) is 20.5. The van der Waals surface area contributed by atoms with E-state index in [0.717, 1.165) is 41.4 Å². The van der Waals surface area contributed by atoms with Gasteiger partial charge in [-0.05, 0) is 74.8 Å². The van der Waals surface area contributed by atoms with E-state index in [2.05, 4.69) is 20.4 Å². The van der Waals surface area contributed by atoms with Gasteiger partial charge in [-0.25, -0.2) is 8.42 Å². The molecule has 0 unspecified atom stereocenters. The van der Waals surface area contributed by atoms with Crippen molar-refractivity contribution >= 4 is 61.8 Å². The van der Waals surface area contributed by atoms with Crippen molar-refractivity contribution in [1.82, 2.24) is 14.3 Å². The van der Waals surface area contributed by atoms with E-state index in [0.29, 0.717) is 28.9 Å². The van der Waals surface area contributed by atoms with Gasteiger partial charge in [0.25, 0.3) is 0 Å².